The van der Waals surface area contributed by atoms with Crippen LogP contribution in [-0.4, -0.2) is 42.4 Å². The smallest absolute Gasteiger partial charge is 0.326 e. The first-order valence-corrected chi connectivity index (χ1v) is 8.39. The van der Waals surface area contributed by atoms with E-state index in [9.17, 15) is 14.4 Å². The highest BCUT2D eigenvalue weighted by Crippen LogP contribution is 2.24. The molecule has 1 aromatic rings. The summed E-state index contributed by atoms with van der Waals surface area (Å²) in [6.45, 7) is -0.0105. The first kappa shape index (κ1) is 18.5. The number of likely N-dealkylation sites (tertiary alicyclic amines) is 1. The largest absolute Gasteiger partial charge is 0.454 e. The molecule has 1 aliphatic heterocycles. The summed E-state index contributed by atoms with van der Waals surface area (Å²) in [5, 5.41) is 3.24. The monoisotopic (exact) mass is 372 g/mol. The van der Waals surface area contributed by atoms with Crippen LogP contribution in [-0.2, 0) is 19.1 Å². The Morgan fingerprint density at radius 1 is 1.17 bits per heavy atom. The number of nitrogens with zero attached hydrogens (tertiary/aromatic N) is 1. The molecule has 1 saturated heterocycles. The third-order valence-corrected chi connectivity index (χ3v) is 4.30. The van der Waals surface area contributed by atoms with E-state index >= 15 is 0 Å². The van der Waals surface area contributed by atoms with Gasteiger partial charge in [0.1, 0.15) is 6.54 Å². The van der Waals surface area contributed by atoms with E-state index < -0.39 is 18.5 Å². The first-order valence-electron chi connectivity index (χ1n) is 7.64. The van der Waals surface area contributed by atoms with Crippen molar-refractivity contribution in [2.45, 2.75) is 25.7 Å². The van der Waals surface area contributed by atoms with E-state index in [1.165, 1.54) is 11.0 Å². The molecule has 1 heterocycles. The molecule has 1 aliphatic rings. The van der Waals surface area contributed by atoms with Gasteiger partial charge in [-0.2, -0.15) is 0 Å². The summed E-state index contributed by atoms with van der Waals surface area (Å²) in [6, 6.07) is 4.64. The van der Waals surface area contributed by atoms with Crippen molar-refractivity contribution in [3.63, 3.8) is 0 Å². The SMILES string of the molecule is O=C(COC(=O)CN1CCCCCC1=O)Nc1ccc(Cl)c(Cl)c1. The van der Waals surface area contributed by atoms with Crippen molar-refractivity contribution >= 4 is 46.7 Å². The third kappa shape index (κ3) is 5.69. The fourth-order valence-corrected chi connectivity index (χ4v) is 2.62. The number of anilines is 1. The van der Waals surface area contributed by atoms with Gasteiger partial charge in [0, 0.05) is 18.7 Å². The second-order valence-electron chi connectivity index (χ2n) is 5.46. The Morgan fingerprint density at radius 3 is 2.71 bits per heavy atom. The van der Waals surface area contributed by atoms with Crippen LogP contribution in [0.2, 0.25) is 10.0 Å². The molecular weight excluding hydrogens is 355 g/mol. The minimum atomic E-state index is -0.602. The van der Waals surface area contributed by atoms with E-state index in [1.54, 1.807) is 12.1 Å². The Labute approximate surface area is 150 Å². The van der Waals surface area contributed by atoms with Crippen molar-refractivity contribution in [1.82, 2.24) is 4.90 Å². The van der Waals surface area contributed by atoms with Gasteiger partial charge < -0.3 is 15.0 Å². The van der Waals surface area contributed by atoms with Gasteiger partial charge in [0.2, 0.25) is 5.91 Å². The van der Waals surface area contributed by atoms with Crippen LogP contribution in [0.15, 0.2) is 18.2 Å². The zero-order valence-corrected chi connectivity index (χ0v) is 14.5. The number of halogens is 2. The predicted molar refractivity (Wildman–Crippen MR) is 91.1 cm³/mol. The lowest BCUT2D eigenvalue weighted by atomic mass is 10.2. The lowest BCUT2D eigenvalue weighted by Gasteiger charge is -2.19. The maximum atomic E-state index is 11.8. The van der Waals surface area contributed by atoms with E-state index in [0.717, 1.165) is 19.3 Å². The number of benzene rings is 1. The molecule has 0 bridgehead atoms. The van der Waals surface area contributed by atoms with Crippen LogP contribution in [0.5, 0.6) is 0 Å². The van der Waals surface area contributed by atoms with E-state index in [1.807, 2.05) is 0 Å². The van der Waals surface area contributed by atoms with Crippen molar-refractivity contribution in [2.24, 2.45) is 0 Å². The number of carbonyl (C=O) groups excluding carboxylic acids is 3. The highest BCUT2D eigenvalue weighted by molar-refractivity contribution is 6.42. The minimum absolute atomic E-state index is 0.0512. The van der Waals surface area contributed by atoms with Gasteiger partial charge in [0.05, 0.1) is 10.0 Å². The van der Waals surface area contributed by atoms with Crippen LogP contribution < -0.4 is 5.32 Å². The van der Waals surface area contributed by atoms with Crippen LogP contribution in [0.4, 0.5) is 5.69 Å². The van der Waals surface area contributed by atoms with Crippen molar-refractivity contribution in [2.75, 3.05) is 25.0 Å². The number of esters is 1. The molecule has 6 nitrogen and oxygen atoms in total. The van der Waals surface area contributed by atoms with Crippen molar-refractivity contribution in [3.8, 4) is 0 Å². The Balaban J connectivity index is 1.77. The summed E-state index contributed by atoms with van der Waals surface area (Å²) in [5.41, 5.74) is 0.452. The summed E-state index contributed by atoms with van der Waals surface area (Å²) < 4.78 is 4.92. The van der Waals surface area contributed by atoms with Gasteiger partial charge in [0.25, 0.3) is 5.91 Å². The van der Waals surface area contributed by atoms with Gasteiger partial charge in [-0.3, -0.25) is 14.4 Å². The van der Waals surface area contributed by atoms with Crippen LogP contribution in [0.25, 0.3) is 0 Å². The van der Waals surface area contributed by atoms with Crippen LogP contribution >= 0.6 is 23.2 Å². The molecule has 1 fully saturated rings. The van der Waals surface area contributed by atoms with Crippen LogP contribution in [0.1, 0.15) is 25.7 Å². The second-order valence-corrected chi connectivity index (χ2v) is 6.28. The number of hydrogen-bond acceptors (Lipinski definition) is 4. The average molecular weight is 373 g/mol. The van der Waals surface area contributed by atoms with E-state index in [0.29, 0.717) is 28.7 Å². The summed E-state index contributed by atoms with van der Waals surface area (Å²) >= 11 is 11.6. The molecular formula is C16H18Cl2N2O4. The summed E-state index contributed by atoms with van der Waals surface area (Å²) in [7, 11) is 0. The van der Waals surface area contributed by atoms with Crippen LogP contribution in [0.3, 0.4) is 0 Å². The zero-order valence-electron chi connectivity index (χ0n) is 13.0. The molecule has 130 valence electrons. The molecule has 2 amide bonds. The molecule has 0 aromatic heterocycles. The summed E-state index contributed by atoms with van der Waals surface area (Å²) in [5.74, 6) is -1.15. The molecule has 0 aliphatic carbocycles. The highest BCUT2D eigenvalue weighted by Gasteiger charge is 2.20. The number of amides is 2. The van der Waals surface area contributed by atoms with Gasteiger partial charge >= 0.3 is 5.97 Å². The predicted octanol–water partition coefficient (Wildman–Crippen LogP) is 2.88. The van der Waals surface area contributed by atoms with Crippen molar-refractivity contribution in [3.05, 3.63) is 28.2 Å². The van der Waals surface area contributed by atoms with Gasteiger partial charge in [-0.1, -0.05) is 29.6 Å². The quantitative estimate of drug-likeness (QED) is 0.806. The summed E-state index contributed by atoms with van der Waals surface area (Å²) in [6.07, 6.45) is 3.14. The summed E-state index contributed by atoms with van der Waals surface area (Å²) in [4.78, 5) is 36.9. The molecule has 1 aromatic carbocycles. The lowest BCUT2D eigenvalue weighted by molar-refractivity contribution is -0.151. The number of hydrogen-bond donors (Lipinski definition) is 1. The van der Waals surface area contributed by atoms with Crippen LogP contribution in [0, 0.1) is 0 Å². The molecule has 0 atom stereocenters. The third-order valence-electron chi connectivity index (χ3n) is 3.56. The van der Waals surface area contributed by atoms with Gasteiger partial charge in [-0.05, 0) is 31.0 Å². The Bertz CT molecular complexity index is 637. The average Bonchev–Trinajstić information content (AvgIpc) is 2.74. The van der Waals surface area contributed by atoms with E-state index in [2.05, 4.69) is 5.32 Å². The number of rotatable bonds is 5. The van der Waals surface area contributed by atoms with E-state index in [-0.39, 0.29) is 12.5 Å². The highest BCUT2D eigenvalue weighted by atomic mass is 35.5. The van der Waals surface area contributed by atoms with Crippen molar-refractivity contribution in [1.29, 1.82) is 0 Å². The lowest BCUT2D eigenvalue weighted by Crippen LogP contribution is -2.36. The Hall–Kier alpha value is -1.79. The molecule has 2 rings (SSSR count). The number of carbonyl (C=O) groups is 3. The zero-order chi connectivity index (χ0) is 17.5. The molecule has 24 heavy (non-hydrogen) atoms. The number of nitrogens with one attached hydrogen (secondary N) is 1. The second kappa shape index (κ2) is 8.89. The fourth-order valence-electron chi connectivity index (χ4n) is 2.32. The topological polar surface area (TPSA) is 75.7 Å². The Kier molecular flexibility index (Phi) is 6.87. The molecule has 0 unspecified atom stereocenters. The normalized spacial score (nSPS) is 14.9. The Morgan fingerprint density at radius 2 is 1.96 bits per heavy atom. The maximum Gasteiger partial charge on any atom is 0.326 e. The molecule has 0 saturated carbocycles. The van der Waals surface area contributed by atoms with Gasteiger partial charge in [-0.15, -0.1) is 0 Å². The fraction of sp³-hybridized carbons (Fsp3) is 0.438. The standard InChI is InChI=1S/C16H18Cl2N2O4/c17-12-6-5-11(8-13(12)18)19-14(21)10-24-16(23)9-20-7-3-1-2-4-15(20)22/h5-6,8H,1-4,7,9-10H2,(H,19,21). The first-order chi connectivity index (χ1) is 11.5. The molecule has 1 N–H and O–H groups in total. The van der Waals surface area contributed by atoms with Crippen molar-refractivity contribution < 1.29 is 19.1 Å². The number of ether oxygens (including phenoxy) is 1. The molecule has 8 heteroatoms. The van der Waals surface area contributed by atoms with Gasteiger partial charge in [-0.25, -0.2) is 0 Å². The minimum Gasteiger partial charge on any atom is -0.454 e. The van der Waals surface area contributed by atoms with E-state index in [4.69, 9.17) is 27.9 Å². The molecule has 0 radical (unpaired) electrons. The van der Waals surface area contributed by atoms with Gasteiger partial charge in [0.15, 0.2) is 6.61 Å². The maximum absolute atomic E-state index is 11.8. The molecule has 0 spiro atoms.